The zero-order valence-corrected chi connectivity index (χ0v) is 17.1. The van der Waals surface area contributed by atoms with Crippen molar-refractivity contribution in [3.05, 3.63) is 34.0 Å². The summed E-state index contributed by atoms with van der Waals surface area (Å²) in [5.41, 5.74) is -0.124. The Balaban J connectivity index is 0.00000225. The van der Waals surface area contributed by atoms with Gasteiger partial charge in [-0.05, 0) is 37.4 Å². The number of hydrogen-bond acceptors (Lipinski definition) is 7. The third-order valence-corrected chi connectivity index (χ3v) is 5.59. The molecule has 0 spiro atoms. The predicted octanol–water partition coefficient (Wildman–Crippen LogP) is 1.50. The molecule has 0 bridgehead atoms. The summed E-state index contributed by atoms with van der Waals surface area (Å²) in [5, 5.41) is 13.0. The highest BCUT2D eigenvalue weighted by atomic mass is 35.5. The molecule has 4 heterocycles. The SMILES string of the molecule is Cl.Cn1nc(C2CCNCC2)nc1NC(=O)CCn1cnc2sccc2c1=O. The Kier molecular flexibility index (Phi) is 6.42. The molecular weight excluding hydrogens is 402 g/mol. The number of halogens is 1. The number of aromatic nitrogens is 5. The van der Waals surface area contributed by atoms with Crippen LogP contribution in [0.5, 0.6) is 0 Å². The van der Waals surface area contributed by atoms with Crippen LogP contribution < -0.4 is 16.2 Å². The Morgan fingerprint density at radius 3 is 2.96 bits per heavy atom. The molecule has 4 rings (SSSR count). The van der Waals surface area contributed by atoms with Crippen LogP contribution in [0, 0.1) is 0 Å². The van der Waals surface area contributed by atoms with Crippen LogP contribution in [0.25, 0.3) is 10.2 Å². The topological polar surface area (TPSA) is 107 Å². The normalized spacial score (nSPS) is 14.8. The van der Waals surface area contributed by atoms with Gasteiger partial charge in [0, 0.05) is 25.9 Å². The fourth-order valence-corrected chi connectivity index (χ4v) is 3.95. The molecule has 3 aromatic heterocycles. The molecule has 11 heteroatoms. The number of rotatable bonds is 5. The van der Waals surface area contributed by atoms with Gasteiger partial charge in [0.2, 0.25) is 11.9 Å². The van der Waals surface area contributed by atoms with Gasteiger partial charge in [-0.3, -0.25) is 19.5 Å². The first-order valence-electron chi connectivity index (χ1n) is 8.96. The summed E-state index contributed by atoms with van der Waals surface area (Å²) in [6.45, 7) is 2.19. The second kappa shape index (κ2) is 8.80. The van der Waals surface area contributed by atoms with Crippen molar-refractivity contribution < 1.29 is 4.79 Å². The van der Waals surface area contributed by atoms with Crippen LogP contribution in [0.2, 0.25) is 0 Å². The Morgan fingerprint density at radius 1 is 1.39 bits per heavy atom. The fraction of sp³-hybridized carbons (Fsp3) is 0.471. The summed E-state index contributed by atoms with van der Waals surface area (Å²) >= 11 is 1.43. The largest absolute Gasteiger partial charge is 0.317 e. The molecule has 1 aliphatic rings. The Labute approximate surface area is 171 Å². The molecular formula is C17H22ClN7O2S. The minimum atomic E-state index is -0.209. The van der Waals surface area contributed by atoms with Crippen molar-refractivity contribution in [2.45, 2.75) is 31.7 Å². The van der Waals surface area contributed by atoms with Gasteiger partial charge in [-0.15, -0.1) is 23.7 Å². The van der Waals surface area contributed by atoms with Crippen molar-refractivity contribution in [2.24, 2.45) is 7.05 Å². The van der Waals surface area contributed by atoms with Crippen molar-refractivity contribution in [1.29, 1.82) is 0 Å². The number of amides is 1. The molecule has 9 nitrogen and oxygen atoms in total. The molecule has 0 unspecified atom stereocenters. The van der Waals surface area contributed by atoms with Crippen LogP contribution in [-0.2, 0) is 18.4 Å². The first kappa shape index (κ1) is 20.4. The lowest BCUT2D eigenvalue weighted by molar-refractivity contribution is -0.116. The van der Waals surface area contributed by atoms with Gasteiger partial charge in [-0.25, -0.2) is 9.67 Å². The number of piperidine rings is 1. The second-order valence-electron chi connectivity index (χ2n) is 6.62. The Bertz CT molecular complexity index is 1020. The number of thiophene rings is 1. The number of carbonyl (C=O) groups excluding carboxylic acids is 1. The van der Waals surface area contributed by atoms with E-state index in [0.717, 1.165) is 31.8 Å². The van der Waals surface area contributed by atoms with Crippen LogP contribution in [-0.4, -0.2) is 43.3 Å². The van der Waals surface area contributed by atoms with E-state index in [1.165, 1.54) is 22.2 Å². The molecule has 1 fully saturated rings. The Morgan fingerprint density at radius 2 is 2.18 bits per heavy atom. The van der Waals surface area contributed by atoms with E-state index in [-0.39, 0.29) is 36.8 Å². The summed E-state index contributed by atoms with van der Waals surface area (Å²) in [6, 6.07) is 1.76. The highest BCUT2D eigenvalue weighted by Gasteiger charge is 2.21. The van der Waals surface area contributed by atoms with E-state index in [1.54, 1.807) is 17.8 Å². The molecule has 1 amide bonds. The zero-order chi connectivity index (χ0) is 18.8. The number of hydrogen-bond donors (Lipinski definition) is 2. The van der Waals surface area contributed by atoms with Crippen LogP contribution in [0.1, 0.15) is 31.0 Å². The van der Waals surface area contributed by atoms with Gasteiger partial charge in [0.05, 0.1) is 11.7 Å². The molecule has 0 aliphatic carbocycles. The summed E-state index contributed by atoms with van der Waals surface area (Å²) < 4.78 is 3.06. The third kappa shape index (κ3) is 4.23. The average Bonchev–Trinajstić information content (AvgIpc) is 3.29. The maximum Gasteiger partial charge on any atom is 0.262 e. The predicted molar refractivity (Wildman–Crippen MR) is 110 cm³/mol. The highest BCUT2D eigenvalue weighted by molar-refractivity contribution is 7.16. The number of nitrogens with zero attached hydrogens (tertiary/aromatic N) is 5. The molecule has 28 heavy (non-hydrogen) atoms. The van der Waals surface area contributed by atoms with Crippen molar-refractivity contribution in [1.82, 2.24) is 29.6 Å². The molecule has 0 atom stereocenters. The molecule has 3 aromatic rings. The maximum absolute atomic E-state index is 12.4. The highest BCUT2D eigenvalue weighted by Crippen LogP contribution is 2.23. The smallest absolute Gasteiger partial charge is 0.262 e. The number of fused-ring (bicyclic) bond motifs is 1. The lowest BCUT2D eigenvalue weighted by Gasteiger charge is -2.19. The number of aryl methyl sites for hydroxylation is 2. The molecule has 2 N–H and O–H groups in total. The molecule has 0 saturated carbocycles. The summed E-state index contributed by atoms with van der Waals surface area (Å²) in [4.78, 5) is 34.1. The van der Waals surface area contributed by atoms with E-state index >= 15 is 0 Å². The second-order valence-corrected chi connectivity index (χ2v) is 7.52. The fourth-order valence-electron chi connectivity index (χ4n) is 3.23. The van der Waals surface area contributed by atoms with Gasteiger partial charge in [-0.1, -0.05) is 0 Å². The number of carbonyl (C=O) groups is 1. The molecule has 150 valence electrons. The van der Waals surface area contributed by atoms with Crippen LogP contribution in [0.4, 0.5) is 5.95 Å². The molecule has 0 radical (unpaired) electrons. The van der Waals surface area contributed by atoms with E-state index < -0.39 is 0 Å². The minimum absolute atomic E-state index is 0. The van der Waals surface area contributed by atoms with Gasteiger partial charge < -0.3 is 5.32 Å². The van der Waals surface area contributed by atoms with E-state index in [1.807, 2.05) is 5.38 Å². The van der Waals surface area contributed by atoms with E-state index in [4.69, 9.17) is 0 Å². The first-order chi connectivity index (χ1) is 13.1. The van der Waals surface area contributed by atoms with Gasteiger partial charge in [-0.2, -0.15) is 10.1 Å². The summed E-state index contributed by atoms with van der Waals surface area (Å²) in [6.07, 6.45) is 3.65. The van der Waals surface area contributed by atoms with Crippen molar-refractivity contribution in [3.8, 4) is 0 Å². The number of nitrogens with one attached hydrogen (secondary N) is 2. The lowest BCUT2D eigenvalue weighted by Crippen LogP contribution is -2.27. The van der Waals surface area contributed by atoms with Gasteiger partial charge in [0.1, 0.15) is 4.83 Å². The van der Waals surface area contributed by atoms with E-state index in [0.29, 0.717) is 22.1 Å². The van der Waals surface area contributed by atoms with Crippen LogP contribution in [0.15, 0.2) is 22.6 Å². The Hall–Kier alpha value is -2.30. The minimum Gasteiger partial charge on any atom is -0.317 e. The quantitative estimate of drug-likeness (QED) is 0.644. The average molecular weight is 424 g/mol. The lowest BCUT2D eigenvalue weighted by atomic mass is 9.98. The third-order valence-electron chi connectivity index (χ3n) is 4.77. The molecule has 0 aromatic carbocycles. The monoisotopic (exact) mass is 423 g/mol. The van der Waals surface area contributed by atoms with Gasteiger partial charge >= 0.3 is 0 Å². The summed E-state index contributed by atoms with van der Waals surface area (Å²) in [7, 11) is 1.77. The first-order valence-corrected chi connectivity index (χ1v) is 9.84. The maximum atomic E-state index is 12.4. The van der Waals surface area contributed by atoms with Gasteiger partial charge in [0.25, 0.3) is 5.56 Å². The van der Waals surface area contributed by atoms with Crippen molar-refractivity contribution >= 4 is 45.8 Å². The summed E-state index contributed by atoms with van der Waals surface area (Å²) in [5.74, 6) is 1.33. The standard InChI is InChI=1S/C17H21N7O2S.ClH/c1-23-17(21-14(22-23)11-2-6-18-7-3-11)20-13(25)4-8-24-10-19-15-12(16(24)26)5-9-27-15;/h5,9-11,18H,2-4,6-8H2,1H3,(H,20,21,22,25);1H. The van der Waals surface area contributed by atoms with Crippen molar-refractivity contribution in [2.75, 3.05) is 18.4 Å². The molecule has 1 aliphatic heterocycles. The zero-order valence-electron chi connectivity index (χ0n) is 15.4. The number of anilines is 1. The van der Waals surface area contributed by atoms with Crippen LogP contribution >= 0.6 is 23.7 Å². The van der Waals surface area contributed by atoms with Gasteiger partial charge in [0.15, 0.2) is 5.82 Å². The van der Waals surface area contributed by atoms with Crippen LogP contribution in [0.3, 0.4) is 0 Å². The van der Waals surface area contributed by atoms with E-state index in [9.17, 15) is 9.59 Å². The van der Waals surface area contributed by atoms with Crippen molar-refractivity contribution in [3.63, 3.8) is 0 Å². The molecule has 1 saturated heterocycles. The van der Waals surface area contributed by atoms with E-state index in [2.05, 4.69) is 25.7 Å².